The van der Waals surface area contributed by atoms with Crippen molar-refractivity contribution in [3.05, 3.63) is 40.3 Å². The molecule has 1 heterocycles. The molecule has 2 rings (SSSR count). The third-order valence-corrected chi connectivity index (χ3v) is 3.12. The van der Waals surface area contributed by atoms with E-state index in [2.05, 4.69) is 10.3 Å². The van der Waals surface area contributed by atoms with Crippen molar-refractivity contribution in [2.45, 2.75) is 13.5 Å². The van der Waals surface area contributed by atoms with E-state index >= 15 is 0 Å². The Labute approximate surface area is 93.0 Å². The van der Waals surface area contributed by atoms with Gasteiger partial charge in [-0.1, -0.05) is 6.07 Å². The minimum atomic E-state index is 0.779. The number of nitrogens with one attached hydrogen (secondary N) is 1. The maximum absolute atomic E-state index is 5.69. The van der Waals surface area contributed by atoms with E-state index in [0.29, 0.717) is 0 Å². The topological polar surface area (TPSA) is 50.9 Å². The second-order valence-electron chi connectivity index (χ2n) is 3.34. The van der Waals surface area contributed by atoms with Crippen molar-refractivity contribution in [3.63, 3.8) is 0 Å². The number of aryl methyl sites for hydroxylation is 1. The van der Waals surface area contributed by atoms with Gasteiger partial charge in [-0.05, 0) is 25.1 Å². The van der Waals surface area contributed by atoms with Crippen molar-refractivity contribution in [2.75, 3.05) is 11.1 Å². The highest BCUT2D eigenvalue weighted by atomic mass is 32.1. The molecule has 3 nitrogen and oxygen atoms in total. The molecule has 1 aromatic heterocycles. The number of hydrogen-bond donors (Lipinski definition) is 2. The van der Waals surface area contributed by atoms with Crippen LogP contribution in [0.5, 0.6) is 0 Å². The van der Waals surface area contributed by atoms with E-state index in [0.717, 1.165) is 23.6 Å². The number of nitrogens with zero attached hydrogens (tertiary/aromatic N) is 1. The third kappa shape index (κ3) is 2.47. The van der Waals surface area contributed by atoms with Gasteiger partial charge in [0, 0.05) is 16.3 Å². The standard InChI is InChI=1S/C11H13N3S/c1-8-11(15-7-14-8)6-13-10-4-2-3-9(12)5-10/h2-5,7,13H,6,12H2,1H3. The summed E-state index contributed by atoms with van der Waals surface area (Å²) in [5.74, 6) is 0. The van der Waals surface area contributed by atoms with Crippen LogP contribution in [-0.2, 0) is 6.54 Å². The lowest BCUT2D eigenvalue weighted by molar-refractivity contribution is 1.12. The first-order valence-corrected chi connectivity index (χ1v) is 5.62. The molecule has 0 aliphatic rings. The van der Waals surface area contributed by atoms with Gasteiger partial charge in [0.15, 0.2) is 0 Å². The quantitative estimate of drug-likeness (QED) is 0.780. The van der Waals surface area contributed by atoms with Crippen LogP contribution in [0.15, 0.2) is 29.8 Å². The molecule has 0 radical (unpaired) electrons. The Hall–Kier alpha value is -1.55. The number of rotatable bonds is 3. The van der Waals surface area contributed by atoms with Crippen molar-refractivity contribution in [1.29, 1.82) is 0 Å². The molecule has 78 valence electrons. The van der Waals surface area contributed by atoms with Gasteiger partial charge in [-0.25, -0.2) is 4.98 Å². The Kier molecular flexibility index (Phi) is 2.87. The number of hydrogen-bond acceptors (Lipinski definition) is 4. The van der Waals surface area contributed by atoms with E-state index in [4.69, 9.17) is 5.73 Å². The average molecular weight is 219 g/mol. The summed E-state index contributed by atoms with van der Waals surface area (Å²) in [5, 5.41) is 3.32. The summed E-state index contributed by atoms with van der Waals surface area (Å²) in [6.07, 6.45) is 0. The fourth-order valence-electron chi connectivity index (χ4n) is 1.33. The van der Waals surface area contributed by atoms with Gasteiger partial charge in [-0.2, -0.15) is 0 Å². The van der Waals surface area contributed by atoms with Crippen molar-refractivity contribution in [3.8, 4) is 0 Å². The van der Waals surface area contributed by atoms with Gasteiger partial charge in [0.25, 0.3) is 0 Å². The van der Waals surface area contributed by atoms with Crippen molar-refractivity contribution < 1.29 is 0 Å². The average Bonchev–Trinajstić information content (AvgIpc) is 2.61. The van der Waals surface area contributed by atoms with E-state index in [1.807, 2.05) is 36.7 Å². The molecule has 0 saturated carbocycles. The maximum Gasteiger partial charge on any atom is 0.0798 e. The summed E-state index contributed by atoms with van der Waals surface area (Å²) in [7, 11) is 0. The normalized spacial score (nSPS) is 10.2. The van der Waals surface area contributed by atoms with E-state index < -0.39 is 0 Å². The van der Waals surface area contributed by atoms with E-state index in [1.54, 1.807) is 11.3 Å². The van der Waals surface area contributed by atoms with Crippen LogP contribution in [0.3, 0.4) is 0 Å². The van der Waals surface area contributed by atoms with E-state index in [-0.39, 0.29) is 0 Å². The zero-order chi connectivity index (χ0) is 10.7. The third-order valence-electron chi connectivity index (χ3n) is 2.18. The summed E-state index contributed by atoms with van der Waals surface area (Å²) in [4.78, 5) is 5.46. The second kappa shape index (κ2) is 4.31. The largest absolute Gasteiger partial charge is 0.399 e. The number of thiazole rings is 1. The first-order valence-electron chi connectivity index (χ1n) is 4.74. The van der Waals surface area contributed by atoms with Gasteiger partial charge in [-0.3, -0.25) is 0 Å². The van der Waals surface area contributed by atoms with Crippen molar-refractivity contribution >= 4 is 22.7 Å². The molecule has 0 fully saturated rings. The summed E-state index contributed by atoms with van der Waals surface area (Å²) in [5.41, 5.74) is 10.5. The molecule has 0 spiro atoms. The van der Waals surface area contributed by atoms with Gasteiger partial charge in [0.2, 0.25) is 0 Å². The Morgan fingerprint density at radius 1 is 1.47 bits per heavy atom. The number of nitrogens with two attached hydrogens (primary N) is 1. The van der Waals surface area contributed by atoms with Crippen molar-refractivity contribution in [1.82, 2.24) is 4.98 Å². The molecule has 0 unspecified atom stereocenters. The Morgan fingerprint density at radius 3 is 3.00 bits per heavy atom. The first-order chi connectivity index (χ1) is 7.25. The van der Waals surface area contributed by atoms with Gasteiger partial charge >= 0.3 is 0 Å². The Balaban J connectivity index is 2.02. The summed E-state index contributed by atoms with van der Waals surface area (Å²) in [6, 6.07) is 7.75. The highest BCUT2D eigenvalue weighted by Crippen LogP contribution is 2.16. The lowest BCUT2D eigenvalue weighted by atomic mass is 10.3. The molecule has 0 saturated heterocycles. The first kappa shape index (κ1) is 9.98. The SMILES string of the molecule is Cc1ncsc1CNc1cccc(N)c1. The smallest absolute Gasteiger partial charge is 0.0798 e. The predicted octanol–water partition coefficient (Wildman–Crippen LogP) is 2.65. The number of anilines is 2. The highest BCUT2D eigenvalue weighted by molar-refractivity contribution is 7.09. The van der Waals surface area contributed by atoms with Crippen LogP contribution in [0.4, 0.5) is 11.4 Å². The number of nitrogen functional groups attached to an aromatic ring is 1. The molecule has 0 bridgehead atoms. The number of aromatic nitrogens is 1. The van der Waals surface area contributed by atoms with Crippen LogP contribution in [0.1, 0.15) is 10.6 Å². The molecule has 4 heteroatoms. The number of benzene rings is 1. The fourth-order valence-corrected chi connectivity index (χ4v) is 2.04. The molecule has 3 N–H and O–H groups in total. The molecular formula is C11H13N3S. The molecule has 0 aliphatic carbocycles. The second-order valence-corrected chi connectivity index (χ2v) is 4.28. The predicted molar refractivity (Wildman–Crippen MR) is 65.0 cm³/mol. The molecule has 2 aromatic rings. The fraction of sp³-hybridized carbons (Fsp3) is 0.182. The summed E-state index contributed by atoms with van der Waals surface area (Å²) >= 11 is 1.67. The van der Waals surface area contributed by atoms with E-state index in [1.165, 1.54) is 4.88 Å². The van der Waals surface area contributed by atoms with Gasteiger partial charge < -0.3 is 11.1 Å². The molecule has 15 heavy (non-hydrogen) atoms. The lowest BCUT2D eigenvalue weighted by Gasteiger charge is -2.05. The van der Waals surface area contributed by atoms with Crippen LogP contribution in [0, 0.1) is 6.92 Å². The summed E-state index contributed by atoms with van der Waals surface area (Å²) < 4.78 is 0. The van der Waals surface area contributed by atoms with E-state index in [9.17, 15) is 0 Å². The van der Waals surface area contributed by atoms with Crippen molar-refractivity contribution in [2.24, 2.45) is 0 Å². The summed E-state index contributed by atoms with van der Waals surface area (Å²) in [6.45, 7) is 2.83. The Morgan fingerprint density at radius 2 is 2.33 bits per heavy atom. The molecule has 1 aromatic carbocycles. The molecule has 0 atom stereocenters. The van der Waals surface area contributed by atoms with Gasteiger partial charge in [-0.15, -0.1) is 11.3 Å². The van der Waals surface area contributed by atoms with Crippen LogP contribution < -0.4 is 11.1 Å². The van der Waals surface area contributed by atoms with Crippen LogP contribution in [0.25, 0.3) is 0 Å². The zero-order valence-electron chi connectivity index (χ0n) is 8.53. The van der Waals surface area contributed by atoms with Gasteiger partial charge in [0.05, 0.1) is 17.7 Å². The Bertz CT molecular complexity index is 451. The minimum Gasteiger partial charge on any atom is -0.399 e. The van der Waals surface area contributed by atoms with Gasteiger partial charge in [0.1, 0.15) is 0 Å². The maximum atomic E-state index is 5.69. The monoisotopic (exact) mass is 219 g/mol. The lowest BCUT2D eigenvalue weighted by Crippen LogP contribution is -1.99. The van der Waals surface area contributed by atoms with Crippen LogP contribution in [0.2, 0.25) is 0 Å². The molecular weight excluding hydrogens is 206 g/mol. The van der Waals surface area contributed by atoms with Crippen LogP contribution >= 0.6 is 11.3 Å². The highest BCUT2D eigenvalue weighted by Gasteiger charge is 2.00. The van der Waals surface area contributed by atoms with Crippen LogP contribution in [-0.4, -0.2) is 4.98 Å². The minimum absolute atomic E-state index is 0.779. The molecule has 0 amide bonds. The zero-order valence-corrected chi connectivity index (χ0v) is 9.34. The molecule has 0 aliphatic heterocycles.